The first-order valence-electron chi connectivity index (χ1n) is 8.69. The lowest BCUT2D eigenvalue weighted by molar-refractivity contribution is 0.140. The van der Waals surface area contributed by atoms with E-state index in [1.165, 1.54) is 6.26 Å². The van der Waals surface area contributed by atoms with Crippen molar-refractivity contribution < 1.29 is 13.2 Å². The van der Waals surface area contributed by atoms with Crippen LogP contribution < -0.4 is 5.73 Å². The highest BCUT2D eigenvalue weighted by Crippen LogP contribution is 2.29. The average Bonchev–Trinajstić information content (AvgIpc) is 2.93. The van der Waals surface area contributed by atoms with E-state index in [9.17, 15) is 8.42 Å². The van der Waals surface area contributed by atoms with E-state index in [4.69, 9.17) is 15.5 Å². The molecule has 0 atom stereocenters. The van der Waals surface area contributed by atoms with Gasteiger partial charge in [-0.15, -0.1) is 0 Å². The lowest BCUT2D eigenvalue weighted by atomic mass is 10.2. The molecule has 0 radical (unpaired) electrons. The van der Waals surface area contributed by atoms with Crippen LogP contribution in [0.2, 0.25) is 0 Å². The van der Waals surface area contributed by atoms with Crippen molar-refractivity contribution >= 4 is 37.6 Å². The van der Waals surface area contributed by atoms with Crippen molar-refractivity contribution in [3.05, 3.63) is 30.1 Å². The predicted octanol–water partition coefficient (Wildman–Crippen LogP) is 2.18. The summed E-state index contributed by atoms with van der Waals surface area (Å²) in [7, 11) is -3.01. The Hall–Kier alpha value is -2.19. The summed E-state index contributed by atoms with van der Waals surface area (Å²) in [6, 6.07) is 7.86. The molecule has 0 unspecified atom stereocenters. The third-order valence-corrected chi connectivity index (χ3v) is 5.13. The van der Waals surface area contributed by atoms with Gasteiger partial charge in [-0.1, -0.05) is 25.1 Å². The van der Waals surface area contributed by atoms with Crippen molar-refractivity contribution in [3.63, 3.8) is 0 Å². The summed E-state index contributed by atoms with van der Waals surface area (Å²) in [6.45, 7) is 3.29. The largest absolute Gasteiger partial charge is 0.382 e. The van der Waals surface area contributed by atoms with E-state index in [0.29, 0.717) is 24.5 Å². The molecule has 0 amide bonds. The minimum atomic E-state index is -3.01. The van der Waals surface area contributed by atoms with E-state index in [2.05, 4.69) is 16.5 Å². The number of aromatic nitrogens is 3. The summed E-state index contributed by atoms with van der Waals surface area (Å²) in [5.74, 6) is 1.39. The van der Waals surface area contributed by atoms with Gasteiger partial charge in [0.2, 0.25) is 0 Å². The van der Waals surface area contributed by atoms with Gasteiger partial charge in [-0.2, -0.15) is 0 Å². The van der Waals surface area contributed by atoms with Gasteiger partial charge in [0.15, 0.2) is 5.82 Å². The van der Waals surface area contributed by atoms with Gasteiger partial charge in [0.05, 0.1) is 30.0 Å². The van der Waals surface area contributed by atoms with E-state index in [1.54, 1.807) is 0 Å². The summed E-state index contributed by atoms with van der Waals surface area (Å²) >= 11 is 0. The number of nitrogen functional groups attached to an aromatic ring is 1. The maximum atomic E-state index is 11.2. The van der Waals surface area contributed by atoms with Crippen molar-refractivity contribution in [1.82, 2.24) is 14.5 Å². The number of fused-ring (bicyclic) bond motifs is 3. The van der Waals surface area contributed by atoms with Gasteiger partial charge in [0, 0.05) is 24.6 Å². The van der Waals surface area contributed by atoms with Crippen LogP contribution in [0.1, 0.15) is 19.2 Å². The number of hydrogen-bond donors (Lipinski definition) is 1. The van der Waals surface area contributed by atoms with E-state index >= 15 is 0 Å². The smallest absolute Gasteiger partial charge is 0.152 e. The second-order valence-corrected chi connectivity index (χ2v) is 8.64. The van der Waals surface area contributed by atoms with Crippen molar-refractivity contribution in [2.75, 3.05) is 31.0 Å². The fourth-order valence-electron chi connectivity index (χ4n) is 3.03. The van der Waals surface area contributed by atoms with E-state index in [-0.39, 0.29) is 12.4 Å². The minimum Gasteiger partial charge on any atom is -0.382 e. The molecule has 3 rings (SSSR count). The number of anilines is 1. The quantitative estimate of drug-likeness (QED) is 0.605. The molecule has 8 heteroatoms. The number of ether oxygens (including phenoxy) is 1. The van der Waals surface area contributed by atoms with Crippen molar-refractivity contribution in [1.29, 1.82) is 0 Å². The molecule has 0 aliphatic carbocycles. The Bertz CT molecular complexity index is 1030. The highest BCUT2D eigenvalue weighted by atomic mass is 32.2. The molecule has 1 aromatic carbocycles. The predicted molar refractivity (Wildman–Crippen MR) is 104 cm³/mol. The molecule has 26 heavy (non-hydrogen) atoms. The zero-order chi connectivity index (χ0) is 18.7. The van der Waals surface area contributed by atoms with Crippen LogP contribution in [0.15, 0.2) is 24.3 Å². The molecule has 0 saturated heterocycles. The zero-order valence-electron chi connectivity index (χ0n) is 15.1. The summed E-state index contributed by atoms with van der Waals surface area (Å²) in [5, 5.41) is 1.00. The standard InChI is InChI=1S/C18H24N4O3S/c1-3-6-15-21-16-17(13-7-4-5-8-14(13)20-18(16)19)22(15)9-10-25-11-12-26(2,23)24/h4-5,7-8H,3,6,9-12H2,1-2H3,(H2,19,20). The van der Waals surface area contributed by atoms with E-state index in [1.807, 2.05) is 24.3 Å². The Morgan fingerprint density at radius 2 is 1.96 bits per heavy atom. The minimum absolute atomic E-state index is 0.0271. The van der Waals surface area contributed by atoms with Crippen molar-refractivity contribution in [2.24, 2.45) is 0 Å². The van der Waals surface area contributed by atoms with Crippen LogP contribution in [0, 0.1) is 0 Å². The maximum Gasteiger partial charge on any atom is 0.152 e. The Morgan fingerprint density at radius 3 is 2.69 bits per heavy atom. The number of benzene rings is 1. The van der Waals surface area contributed by atoms with Crippen LogP contribution in [-0.4, -0.2) is 48.2 Å². The number of pyridine rings is 1. The molecular weight excluding hydrogens is 352 g/mol. The van der Waals surface area contributed by atoms with Crippen molar-refractivity contribution in [3.8, 4) is 0 Å². The van der Waals surface area contributed by atoms with Gasteiger partial charge in [-0.3, -0.25) is 0 Å². The number of rotatable bonds is 8. The molecule has 2 heterocycles. The molecule has 2 N–H and O–H groups in total. The summed E-state index contributed by atoms with van der Waals surface area (Å²) in [5.41, 5.74) is 8.65. The van der Waals surface area contributed by atoms with Crippen LogP contribution in [0.5, 0.6) is 0 Å². The zero-order valence-corrected chi connectivity index (χ0v) is 15.9. The van der Waals surface area contributed by atoms with Gasteiger partial charge >= 0.3 is 0 Å². The van der Waals surface area contributed by atoms with Gasteiger partial charge in [-0.05, 0) is 12.5 Å². The second kappa shape index (κ2) is 7.59. The topological polar surface area (TPSA) is 100 Å². The molecule has 140 valence electrons. The number of hydrogen-bond acceptors (Lipinski definition) is 6. The first kappa shape index (κ1) is 18.6. The highest BCUT2D eigenvalue weighted by molar-refractivity contribution is 7.90. The normalized spacial score (nSPS) is 12.2. The first-order valence-corrected chi connectivity index (χ1v) is 10.8. The molecule has 2 aromatic heterocycles. The first-order chi connectivity index (χ1) is 12.4. The van der Waals surface area contributed by atoms with Crippen LogP contribution in [0.25, 0.3) is 21.9 Å². The van der Waals surface area contributed by atoms with Gasteiger partial charge in [-0.25, -0.2) is 18.4 Å². The van der Waals surface area contributed by atoms with E-state index < -0.39 is 9.84 Å². The summed E-state index contributed by atoms with van der Waals surface area (Å²) in [6.07, 6.45) is 3.00. The Morgan fingerprint density at radius 1 is 1.19 bits per heavy atom. The molecule has 3 aromatic rings. The number of nitrogens with zero attached hydrogens (tertiary/aromatic N) is 3. The Labute approximate surface area is 153 Å². The molecule has 0 bridgehead atoms. The fourth-order valence-corrected chi connectivity index (χ4v) is 3.45. The number of para-hydroxylation sites is 1. The van der Waals surface area contributed by atoms with E-state index in [0.717, 1.165) is 35.1 Å². The third kappa shape index (κ3) is 3.96. The SMILES string of the molecule is CCCc1nc2c(N)nc3ccccc3c2n1CCOCCS(C)(=O)=O. The molecule has 0 aliphatic rings. The van der Waals surface area contributed by atoms with Crippen molar-refractivity contribution in [2.45, 2.75) is 26.3 Å². The number of aryl methyl sites for hydroxylation is 1. The van der Waals surface area contributed by atoms with Crippen LogP contribution in [-0.2, 0) is 27.5 Å². The number of nitrogens with two attached hydrogens (primary N) is 1. The summed E-state index contributed by atoms with van der Waals surface area (Å²) in [4.78, 5) is 9.17. The molecule has 0 saturated carbocycles. The Kier molecular flexibility index (Phi) is 5.43. The maximum absolute atomic E-state index is 11.2. The van der Waals surface area contributed by atoms with Crippen LogP contribution in [0.4, 0.5) is 5.82 Å². The average molecular weight is 376 g/mol. The fraction of sp³-hybridized carbons (Fsp3) is 0.444. The van der Waals surface area contributed by atoms with Gasteiger partial charge < -0.3 is 15.0 Å². The van der Waals surface area contributed by atoms with Crippen LogP contribution in [0.3, 0.4) is 0 Å². The highest BCUT2D eigenvalue weighted by Gasteiger charge is 2.16. The van der Waals surface area contributed by atoms with Gasteiger partial charge in [0.1, 0.15) is 21.2 Å². The molecule has 0 spiro atoms. The molecular formula is C18H24N4O3S. The third-order valence-electron chi connectivity index (χ3n) is 4.22. The van der Waals surface area contributed by atoms with Gasteiger partial charge in [0.25, 0.3) is 0 Å². The Balaban J connectivity index is 1.95. The lowest BCUT2D eigenvalue weighted by Crippen LogP contribution is -2.14. The molecule has 7 nitrogen and oxygen atoms in total. The molecule has 0 fully saturated rings. The summed E-state index contributed by atoms with van der Waals surface area (Å²) < 4.78 is 30.1. The lowest BCUT2D eigenvalue weighted by Gasteiger charge is -2.11. The monoisotopic (exact) mass is 376 g/mol. The number of imidazole rings is 1. The second-order valence-electron chi connectivity index (χ2n) is 6.38. The number of sulfone groups is 1. The van der Waals surface area contributed by atoms with Crippen LogP contribution >= 0.6 is 0 Å². The molecule has 0 aliphatic heterocycles.